The molecule has 0 bridgehead atoms. The van der Waals surface area contributed by atoms with Crippen LogP contribution in [-0.4, -0.2) is 0 Å². The fourth-order valence-electron chi connectivity index (χ4n) is 1.76. The Morgan fingerprint density at radius 2 is 2.33 bits per heavy atom. The van der Waals surface area contributed by atoms with Crippen LogP contribution < -0.4 is 5.73 Å². The summed E-state index contributed by atoms with van der Waals surface area (Å²) in [5, 5.41) is 0. The van der Waals surface area contributed by atoms with Crippen molar-refractivity contribution >= 4 is 0 Å². The zero-order chi connectivity index (χ0) is 6.27. The van der Waals surface area contributed by atoms with Crippen LogP contribution in [-0.2, 0) is 0 Å². The molecule has 2 unspecified atom stereocenters. The van der Waals surface area contributed by atoms with Gasteiger partial charge in [-0.25, -0.2) is 0 Å². The van der Waals surface area contributed by atoms with E-state index < -0.39 is 0 Å². The van der Waals surface area contributed by atoms with Crippen LogP contribution in [0, 0.1) is 11.8 Å². The first kappa shape index (κ1) is 5.10. The van der Waals surface area contributed by atoms with Gasteiger partial charge in [0.25, 0.3) is 0 Å². The van der Waals surface area contributed by atoms with Crippen molar-refractivity contribution in [2.45, 2.75) is 12.8 Å². The molecule has 2 aliphatic carbocycles. The predicted octanol–water partition coefficient (Wildman–Crippen LogP) is 1.43. The lowest BCUT2D eigenvalue weighted by molar-refractivity contribution is 0.527. The molecule has 0 radical (unpaired) electrons. The molecule has 0 saturated heterocycles. The molecule has 0 heterocycles. The summed E-state index contributed by atoms with van der Waals surface area (Å²) >= 11 is 0. The van der Waals surface area contributed by atoms with E-state index in [1.54, 1.807) is 0 Å². The maximum Gasteiger partial charge on any atom is 0.00814 e. The van der Waals surface area contributed by atoms with Crippen molar-refractivity contribution in [1.82, 2.24) is 0 Å². The van der Waals surface area contributed by atoms with Crippen LogP contribution in [0.15, 0.2) is 23.9 Å². The number of hydrogen-bond donors (Lipinski definition) is 1. The molecular weight excluding hydrogens is 110 g/mol. The summed E-state index contributed by atoms with van der Waals surface area (Å²) in [6.45, 7) is 0. The van der Waals surface area contributed by atoms with Gasteiger partial charge in [0, 0.05) is 11.6 Å². The molecule has 2 aliphatic rings. The zero-order valence-electron chi connectivity index (χ0n) is 5.38. The zero-order valence-corrected chi connectivity index (χ0v) is 5.38. The molecule has 0 aromatic heterocycles. The summed E-state index contributed by atoms with van der Waals surface area (Å²) < 4.78 is 0. The molecule has 0 spiro atoms. The fraction of sp³-hybridized carbons (Fsp3) is 0.500. The van der Waals surface area contributed by atoms with Crippen LogP contribution in [0.3, 0.4) is 0 Å². The van der Waals surface area contributed by atoms with Crippen LogP contribution in [0.4, 0.5) is 0 Å². The lowest BCUT2D eigenvalue weighted by atomic mass is 9.98. The molecular formula is C8H11N. The Hall–Kier alpha value is -0.720. The number of fused-ring (bicyclic) bond motifs is 1. The molecule has 1 nitrogen and oxygen atoms in total. The third-order valence-electron chi connectivity index (χ3n) is 2.34. The minimum absolute atomic E-state index is 0.671. The molecule has 2 rings (SSSR count). The maximum atomic E-state index is 5.74. The second-order valence-corrected chi connectivity index (χ2v) is 2.87. The second kappa shape index (κ2) is 1.63. The summed E-state index contributed by atoms with van der Waals surface area (Å²) in [6, 6.07) is 0. The average molecular weight is 121 g/mol. The molecule has 0 fully saturated rings. The van der Waals surface area contributed by atoms with Gasteiger partial charge in [0.1, 0.15) is 0 Å². The predicted molar refractivity (Wildman–Crippen MR) is 37.6 cm³/mol. The van der Waals surface area contributed by atoms with E-state index in [9.17, 15) is 0 Å². The molecule has 1 heteroatoms. The highest BCUT2D eigenvalue weighted by atomic mass is 14.6. The summed E-state index contributed by atoms with van der Waals surface area (Å²) in [4.78, 5) is 0. The molecule has 0 amide bonds. The Balaban J connectivity index is 2.22. The van der Waals surface area contributed by atoms with Gasteiger partial charge in [-0.3, -0.25) is 0 Å². The largest absolute Gasteiger partial charge is 0.402 e. The molecule has 0 aromatic rings. The lowest BCUT2D eigenvalue weighted by Gasteiger charge is -2.09. The van der Waals surface area contributed by atoms with Crippen molar-refractivity contribution < 1.29 is 0 Å². The molecule has 0 saturated carbocycles. The summed E-state index contributed by atoms with van der Waals surface area (Å²) in [5.41, 5.74) is 6.86. The van der Waals surface area contributed by atoms with Gasteiger partial charge < -0.3 is 5.73 Å². The van der Waals surface area contributed by atoms with Crippen LogP contribution >= 0.6 is 0 Å². The normalized spacial score (nSPS) is 38.9. The van der Waals surface area contributed by atoms with Crippen molar-refractivity contribution in [2.75, 3.05) is 0 Å². The van der Waals surface area contributed by atoms with Crippen molar-refractivity contribution in [3.8, 4) is 0 Å². The van der Waals surface area contributed by atoms with Gasteiger partial charge >= 0.3 is 0 Å². The van der Waals surface area contributed by atoms with Gasteiger partial charge in [0.05, 0.1) is 0 Å². The number of allylic oxidation sites excluding steroid dienone is 4. The van der Waals surface area contributed by atoms with E-state index in [0.717, 1.165) is 11.6 Å². The summed E-state index contributed by atoms with van der Waals surface area (Å²) in [5.74, 6) is 1.43. The SMILES string of the molecule is NC1=CCC2C=CCC12. The highest BCUT2D eigenvalue weighted by Gasteiger charge is 2.28. The van der Waals surface area contributed by atoms with Crippen molar-refractivity contribution in [2.24, 2.45) is 17.6 Å². The van der Waals surface area contributed by atoms with E-state index in [1.165, 1.54) is 12.8 Å². The fourth-order valence-corrected chi connectivity index (χ4v) is 1.76. The van der Waals surface area contributed by atoms with Gasteiger partial charge in [-0.05, 0) is 18.8 Å². The van der Waals surface area contributed by atoms with Gasteiger partial charge in [0.15, 0.2) is 0 Å². The topological polar surface area (TPSA) is 26.0 Å². The van der Waals surface area contributed by atoms with Crippen LogP contribution in [0.2, 0.25) is 0 Å². The standard InChI is InChI=1S/C8H11N/c9-8-5-4-6-2-1-3-7(6)8/h1-2,5-7H,3-4,9H2. The smallest absolute Gasteiger partial charge is 0.00814 e. The van der Waals surface area contributed by atoms with Crippen molar-refractivity contribution in [3.63, 3.8) is 0 Å². The molecule has 0 aliphatic heterocycles. The van der Waals surface area contributed by atoms with E-state index >= 15 is 0 Å². The van der Waals surface area contributed by atoms with E-state index in [2.05, 4.69) is 18.2 Å². The van der Waals surface area contributed by atoms with E-state index in [-0.39, 0.29) is 0 Å². The molecule has 2 N–H and O–H groups in total. The quantitative estimate of drug-likeness (QED) is 0.482. The summed E-state index contributed by atoms with van der Waals surface area (Å²) in [7, 11) is 0. The van der Waals surface area contributed by atoms with Crippen molar-refractivity contribution in [3.05, 3.63) is 23.9 Å². The first-order chi connectivity index (χ1) is 4.38. The highest BCUT2D eigenvalue weighted by molar-refractivity contribution is 5.21. The second-order valence-electron chi connectivity index (χ2n) is 2.87. The first-order valence-electron chi connectivity index (χ1n) is 3.50. The molecule has 2 atom stereocenters. The monoisotopic (exact) mass is 121 g/mol. The lowest BCUT2D eigenvalue weighted by Crippen LogP contribution is -2.09. The summed E-state index contributed by atoms with van der Waals surface area (Å²) in [6.07, 6.45) is 9.05. The van der Waals surface area contributed by atoms with E-state index in [1.807, 2.05) is 0 Å². The number of rotatable bonds is 0. The Morgan fingerprint density at radius 3 is 3.11 bits per heavy atom. The van der Waals surface area contributed by atoms with Gasteiger partial charge in [-0.2, -0.15) is 0 Å². The Kier molecular flexibility index (Phi) is 0.922. The average Bonchev–Trinajstić information content (AvgIpc) is 2.35. The number of nitrogens with two attached hydrogens (primary N) is 1. The number of hydrogen-bond acceptors (Lipinski definition) is 1. The van der Waals surface area contributed by atoms with Gasteiger partial charge in [-0.1, -0.05) is 18.2 Å². The highest BCUT2D eigenvalue weighted by Crippen LogP contribution is 2.37. The molecule has 9 heavy (non-hydrogen) atoms. The van der Waals surface area contributed by atoms with Crippen LogP contribution in [0.5, 0.6) is 0 Å². The van der Waals surface area contributed by atoms with Crippen molar-refractivity contribution in [1.29, 1.82) is 0 Å². The molecule has 48 valence electrons. The Labute approximate surface area is 55.2 Å². The Morgan fingerprint density at radius 1 is 1.44 bits per heavy atom. The molecule has 0 aromatic carbocycles. The third-order valence-corrected chi connectivity index (χ3v) is 2.34. The maximum absolute atomic E-state index is 5.74. The van der Waals surface area contributed by atoms with E-state index in [0.29, 0.717) is 5.92 Å². The van der Waals surface area contributed by atoms with Crippen LogP contribution in [0.25, 0.3) is 0 Å². The van der Waals surface area contributed by atoms with Gasteiger partial charge in [-0.15, -0.1) is 0 Å². The first-order valence-corrected chi connectivity index (χ1v) is 3.50. The minimum Gasteiger partial charge on any atom is -0.402 e. The Bertz CT molecular complexity index is 179. The third kappa shape index (κ3) is 0.607. The van der Waals surface area contributed by atoms with Gasteiger partial charge in [0.2, 0.25) is 0 Å². The van der Waals surface area contributed by atoms with E-state index in [4.69, 9.17) is 5.73 Å². The van der Waals surface area contributed by atoms with Crippen LogP contribution in [0.1, 0.15) is 12.8 Å². The minimum atomic E-state index is 0.671.